The van der Waals surface area contributed by atoms with Crippen molar-refractivity contribution in [3.8, 4) is 0 Å². The summed E-state index contributed by atoms with van der Waals surface area (Å²) in [7, 11) is 0. The number of carboxylic acid groups (broad SMARTS) is 1. The van der Waals surface area contributed by atoms with Crippen molar-refractivity contribution in [2.45, 2.75) is 27.2 Å². The molecule has 1 heterocycles. The van der Waals surface area contributed by atoms with Crippen molar-refractivity contribution < 1.29 is 19.2 Å². The van der Waals surface area contributed by atoms with Crippen LogP contribution in [0.25, 0.3) is 0 Å². The molecule has 0 atom stereocenters. The van der Waals surface area contributed by atoms with Gasteiger partial charge in [-0.3, -0.25) is 9.59 Å². The summed E-state index contributed by atoms with van der Waals surface area (Å²) in [4.78, 5) is 22.4. The molecule has 2 N–H and O–H groups in total. The number of aromatic nitrogens is 1. The fourth-order valence-electron chi connectivity index (χ4n) is 1.15. The molecule has 1 rings (SSSR count). The Morgan fingerprint density at radius 2 is 2.18 bits per heavy atom. The average Bonchev–Trinajstić information content (AvgIpc) is 2.64. The second kappa shape index (κ2) is 4.99. The molecular weight excluding hydrogens is 224 g/mol. The van der Waals surface area contributed by atoms with Crippen LogP contribution in [0.2, 0.25) is 0 Å². The Balaban J connectivity index is 2.42. The van der Waals surface area contributed by atoms with Crippen LogP contribution in [-0.2, 0) is 4.79 Å². The van der Waals surface area contributed by atoms with E-state index in [-0.39, 0.29) is 18.2 Å². The maximum atomic E-state index is 11.5. The molecule has 0 saturated heterocycles. The molecule has 0 aliphatic heterocycles. The normalized spacial score (nSPS) is 11.2. The van der Waals surface area contributed by atoms with Crippen LogP contribution in [0.4, 0.5) is 0 Å². The van der Waals surface area contributed by atoms with E-state index in [0.717, 1.165) is 0 Å². The van der Waals surface area contributed by atoms with E-state index in [0.29, 0.717) is 12.1 Å². The zero-order valence-corrected chi connectivity index (χ0v) is 10.1. The molecule has 17 heavy (non-hydrogen) atoms. The lowest BCUT2D eigenvalue weighted by Crippen LogP contribution is -2.31. The van der Waals surface area contributed by atoms with Crippen molar-refractivity contribution in [1.82, 2.24) is 10.5 Å². The fourth-order valence-corrected chi connectivity index (χ4v) is 1.15. The molecule has 0 aromatic carbocycles. The Kier molecular flexibility index (Phi) is 3.88. The van der Waals surface area contributed by atoms with Crippen LogP contribution in [-0.4, -0.2) is 28.7 Å². The van der Waals surface area contributed by atoms with Gasteiger partial charge in [0.2, 0.25) is 5.76 Å². The summed E-state index contributed by atoms with van der Waals surface area (Å²) in [6.45, 7) is 5.21. The van der Waals surface area contributed by atoms with Gasteiger partial charge in [-0.2, -0.15) is 0 Å². The fraction of sp³-hybridized carbons (Fsp3) is 0.545. The van der Waals surface area contributed by atoms with Crippen LogP contribution in [0, 0.1) is 12.3 Å². The first-order valence-corrected chi connectivity index (χ1v) is 5.28. The van der Waals surface area contributed by atoms with Crippen LogP contribution >= 0.6 is 0 Å². The molecule has 6 heteroatoms. The predicted octanol–water partition coefficient (Wildman–Crippen LogP) is 1.21. The molecular formula is C11H16N2O4. The van der Waals surface area contributed by atoms with Crippen molar-refractivity contribution in [1.29, 1.82) is 0 Å². The number of hydrogen-bond donors (Lipinski definition) is 2. The largest absolute Gasteiger partial charge is 0.481 e. The number of carboxylic acids is 1. The highest BCUT2D eigenvalue weighted by molar-refractivity contribution is 5.91. The van der Waals surface area contributed by atoms with Crippen LogP contribution in [0.15, 0.2) is 10.6 Å². The third-order valence-electron chi connectivity index (χ3n) is 2.47. The number of nitrogens with one attached hydrogen (secondary N) is 1. The van der Waals surface area contributed by atoms with Gasteiger partial charge < -0.3 is 14.9 Å². The second-order valence-corrected chi connectivity index (χ2v) is 4.53. The standard InChI is InChI=1S/C11H16N2O4/c1-7-6-8(17-13-7)9(14)12-5-4-11(2,3)10(15)16/h6H,4-5H2,1-3H3,(H,12,14)(H,15,16). The van der Waals surface area contributed by atoms with E-state index in [1.54, 1.807) is 20.8 Å². The van der Waals surface area contributed by atoms with E-state index in [1.807, 2.05) is 0 Å². The van der Waals surface area contributed by atoms with E-state index in [4.69, 9.17) is 9.63 Å². The van der Waals surface area contributed by atoms with Crippen LogP contribution < -0.4 is 5.32 Å². The molecule has 6 nitrogen and oxygen atoms in total. The first-order valence-electron chi connectivity index (χ1n) is 5.28. The van der Waals surface area contributed by atoms with Crippen LogP contribution in [0.1, 0.15) is 36.5 Å². The summed E-state index contributed by atoms with van der Waals surface area (Å²) in [5.74, 6) is -1.13. The topological polar surface area (TPSA) is 92.4 Å². The predicted molar refractivity (Wildman–Crippen MR) is 59.6 cm³/mol. The highest BCUT2D eigenvalue weighted by Gasteiger charge is 2.26. The number of carbonyl (C=O) groups excluding carboxylic acids is 1. The lowest BCUT2D eigenvalue weighted by atomic mass is 9.90. The highest BCUT2D eigenvalue weighted by Crippen LogP contribution is 2.19. The molecule has 0 aliphatic rings. The Morgan fingerprint density at radius 3 is 2.65 bits per heavy atom. The Labute approximate surface area is 99.0 Å². The number of rotatable bonds is 5. The Morgan fingerprint density at radius 1 is 1.53 bits per heavy atom. The third-order valence-corrected chi connectivity index (χ3v) is 2.47. The van der Waals surface area contributed by atoms with Gasteiger partial charge in [0, 0.05) is 12.6 Å². The molecule has 0 fully saturated rings. The molecule has 94 valence electrons. The number of amides is 1. The van der Waals surface area contributed by atoms with Crippen LogP contribution in [0.3, 0.4) is 0 Å². The summed E-state index contributed by atoms with van der Waals surface area (Å²) < 4.78 is 4.78. The molecule has 1 aromatic heterocycles. The molecule has 1 aromatic rings. The van der Waals surface area contributed by atoms with E-state index in [1.165, 1.54) is 6.07 Å². The van der Waals surface area contributed by atoms with E-state index < -0.39 is 11.4 Å². The third kappa shape index (κ3) is 3.58. The molecule has 1 amide bonds. The van der Waals surface area contributed by atoms with Crippen molar-refractivity contribution in [3.05, 3.63) is 17.5 Å². The van der Waals surface area contributed by atoms with Gasteiger partial charge in [0.1, 0.15) is 0 Å². The quantitative estimate of drug-likeness (QED) is 0.807. The first-order chi connectivity index (χ1) is 7.83. The number of carbonyl (C=O) groups is 2. The minimum Gasteiger partial charge on any atom is -0.481 e. The zero-order valence-electron chi connectivity index (χ0n) is 10.1. The number of nitrogens with zero attached hydrogens (tertiary/aromatic N) is 1. The van der Waals surface area contributed by atoms with Crippen molar-refractivity contribution in [2.75, 3.05) is 6.54 Å². The summed E-state index contributed by atoms with van der Waals surface area (Å²) >= 11 is 0. The Bertz CT molecular complexity index is 423. The van der Waals surface area contributed by atoms with Gasteiger partial charge >= 0.3 is 5.97 Å². The van der Waals surface area contributed by atoms with E-state index in [2.05, 4.69) is 10.5 Å². The summed E-state index contributed by atoms with van der Waals surface area (Å²) in [6.07, 6.45) is 0.348. The Hall–Kier alpha value is -1.85. The van der Waals surface area contributed by atoms with Crippen molar-refractivity contribution >= 4 is 11.9 Å². The van der Waals surface area contributed by atoms with Gasteiger partial charge in [0.25, 0.3) is 5.91 Å². The maximum Gasteiger partial charge on any atom is 0.309 e. The summed E-state index contributed by atoms with van der Waals surface area (Å²) in [5, 5.41) is 15.1. The second-order valence-electron chi connectivity index (χ2n) is 4.53. The molecule has 0 unspecified atom stereocenters. The van der Waals surface area contributed by atoms with Gasteiger partial charge in [0.15, 0.2) is 0 Å². The number of hydrogen-bond acceptors (Lipinski definition) is 4. The van der Waals surface area contributed by atoms with Gasteiger partial charge in [-0.05, 0) is 27.2 Å². The lowest BCUT2D eigenvalue weighted by molar-refractivity contribution is -0.147. The number of aliphatic carboxylic acids is 1. The average molecular weight is 240 g/mol. The van der Waals surface area contributed by atoms with Crippen molar-refractivity contribution in [3.63, 3.8) is 0 Å². The van der Waals surface area contributed by atoms with Gasteiger partial charge in [-0.15, -0.1) is 0 Å². The lowest BCUT2D eigenvalue weighted by Gasteiger charge is -2.18. The van der Waals surface area contributed by atoms with E-state index >= 15 is 0 Å². The molecule has 0 saturated carbocycles. The minimum absolute atomic E-state index is 0.135. The molecule has 0 radical (unpaired) electrons. The summed E-state index contributed by atoms with van der Waals surface area (Å²) in [6, 6.07) is 1.53. The smallest absolute Gasteiger partial charge is 0.309 e. The molecule has 0 aliphatic carbocycles. The molecule has 0 spiro atoms. The summed E-state index contributed by atoms with van der Waals surface area (Å²) in [5.41, 5.74) is -0.231. The monoisotopic (exact) mass is 240 g/mol. The minimum atomic E-state index is -0.887. The number of aryl methyl sites for hydroxylation is 1. The molecule has 0 bridgehead atoms. The highest BCUT2D eigenvalue weighted by atomic mass is 16.5. The SMILES string of the molecule is Cc1cc(C(=O)NCCC(C)(C)C(=O)O)on1. The van der Waals surface area contributed by atoms with Gasteiger partial charge in [-0.25, -0.2) is 0 Å². The van der Waals surface area contributed by atoms with Crippen molar-refractivity contribution in [2.24, 2.45) is 5.41 Å². The van der Waals surface area contributed by atoms with Crippen LogP contribution in [0.5, 0.6) is 0 Å². The first kappa shape index (κ1) is 13.2. The zero-order chi connectivity index (χ0) is 13.1. The van der Waals surface area contributed by atoms with E-state index in [9.17, 15) is 9.59 Å². The van der Waals surface area contributed by atoms with Gasteiger partial charge in [0.05, 0.1) is 11.1 Å². The maximum absolute atomic E-state index is 11.5. The van der Waals surface area contributed by atoms with Gasteiger partial charge in [-0.1, -0.05) is 5.16 Å².